The van der Waals surface area contributed by atoms with Crippen LogP contribution in [0.3, 0.4) is 0 Å². The van der Waals surface area contributed by atoms with Gasteiger partial charge in [-0.25, -0.2) is 4.39 Å². The predicted molar refractivity (Wildman–Crippen MR) is 128 cm³/mol. The second-order valence-electron chi connectivity index (χ2n) is 8.75. The van der Waals surface area contributed by atoms with E-state index in [0.717, 1.165) is 39.3 Å². The Morgan fingerprint density at radius 3 is 2.49 bits per heavy atom. The summed E-state index contributed by atoms with van der Waals surface area (Å²) in [6, 6.07) is 8.69. The van der Waals surface area contributed by atoms with Gasteiger partial charge in [-0.2, -0.15) is 0 Å². The summed E-state index contributed by atoms with van der Waals surface area (Å²) in [4.78, 5) is 30.7. The van der Waals surface area contributed by atoms with Crippen molar-refractivity contribution < 1.29 is 28.2 Å². The number of halogens is 1. The van der Waals surface area contributed by atoms with E-state index in [1.807, 2.05) is 0 Å². The van der Waals surface area contributed by atoms with Gasteiger partial charge < -0.3 is 24.4 Å². The number of hydrogen-bond acceptors (Lipinski definition) is 6. The number of amides is 2. The van der Waals surface area contributed by atoms with Gasteiger partial charge in [-0.3, -0.25) is 14.5 Å². The van der Waals surface area contributed by atoms with Crippen molar-refractivity contribution in [2.24, 2.45) is 0 Å². The molecule has 0 saturated carbocycles. The van der Waals surface area contributed by atoms with Gasteiger partial charge in [0.25, 0.3) is 5.91 Å². The summed E-state index contributed by atoms with van der Waals surface area (Å²) in [5.41, 5.74) is 1.12. The molecule has 2 aliphatic heterocycles. The minimum absolute atomic E-state index is 0.270. The van der Waals surface area contributed by atoms with E-state index in [2.05, 4.69) is 10.2 Å². The Labute approximate surface area is 204 Å². The third kappa shape index (κ3) is 5.11. The molecular weight excluding hydrogens is 453 g/mol. The van der Waals surface area contributed by atoms with Crippen molar-refractivity contribution in [2.75, 3.05) is 60.7 Å². The van der Waals surface area contributed by atoms with Crippen LogP contribution < -0.4 is 14.8 Å². The van der Waals surface area contributed by atoms with Crippen LogP contribution in [0.25, 0.3) is 0 Å². The lowest BCUT2D eigenvalue weighted by molar-refractivity contribution is -0.124. The zero-order valence-corrected chi connectivity index (χ0v) is 20.4. The van der Waals surface area contributed by atoms with Crippen molar-refractivity contribution in [3.05, 3.63) is 58.9 Å². The lowest BCUT2D eigenvalue weighted by Gasteiger charge is -2.40. The fraction of sp³-hybridized carbons (Fsp3) is 0.462. The summed E-state index contributed by atoms with van der Waals surface area (Å²) in [7, 11) is 4.58. The highest BCUT2D eigenvalue weighted by Crippen LogP contribution is 2.46. The number of carbonyl (C=O) groups excluding carboxylic acids is 2. The van der Waals surface area contributed by atoms with Crippen LogP contribution in [0.15, 0.2) is 36.4 Å². The van der Waals surface area contributed by atoms with E-state index < -0.39 is 17.8 Å². The third-order valence-electron chi connectivity index (χ3n) is 6.73. The molecule has 8 nitrogen and oxygen atoms in total. The van der Waals surface area contributed by atoms with Gasteiger partial charge >= 0.3 is 0 Å². The Bertz CT molecular complexity index is 1070. The zero-order valence-electron chi connectivity index (χ0n) is 20.4. The topological polar surface area (TPSA) is 80.3 Å². The first-order valence-corrected chi connectivity index (χ1v) is 11.8. The molecule has 2 atom stereocenters. The van der Waals surface area contributed by atoms with E-state index in [1.165, 1.54) is 25.2 Å². The minimum Gasteiger partial charge on any atom is -0.493 e. The molecule has 2 heterocycles. The van der Waals surface area contributed by atoms with Crippen LogP contribution in [-0.4, -0.2) is 82.3 Å². The van der Waals surface area contributed by atoms with Crippen molar-refractivity contribution in [1.82, 2.24) is 15.1 Å². The maximum absolute atomic E-state index is 14.9. The fourth-order valence-corrected chi connectivity index (χ4v) is 4.88. The molecule has 2 amide bonds. The zero-order chi connectivity index (χ0) is 24.9. The van der Waals surface area contributed by atoms with Crippen LogP contribution in [-0.2, 0) is 9.53 Å². The average Bonchev–Trinajstić information content (AvgIpc) is 2.88. The molecule has 2 aromatic carbocycles. The Balaban J connectivity index is 1.65. The monoisotopic (exact) mass is 485 g/mol. The van der Waals surface area contributed by atoms with E-state index in [9.17, 15) is 14.0 Å². The molecule has 0 aromatic heterocycles. The molecule has 0 spiro atoms. The second kappa shape index (κ2) is 11.0. The average molecular weight is 486 g/mol. The third-order valence-corrected chi connectivity index (χ3v) is 6.73. The molecule has 188 valence electrons. The van der Waals surface area contributed by atoms with E-state index >= 15 is 0 Å². The molecule has 0 aliphatic carbocycles. The molecule has 1 saturated heterocycles. The largest absolute Gasteiger partial charge is 0.493 e. The molecule has 2 aliphatic rings. The van der Waals surface area contributed by atoms with Gasteiger partial charge in [0.2, 0.25) is 5.91 Å². The number of nitrogens with one attached hydrogen (secondary N) is 1. The highest BCUT2D eigenvalue weighted by molar-refractivity contribution is 6.02. The lowest BCUT2D eigenvalue weighted by Crippen LogP contribution is -2.46. The number of methoxy groups -OCH3 is 2. The van der Waals surface area contributed by atoms with Crippen molar-refractivity contribution in [2.45, 2.75) is 18.4 Å². The highest BCUT2D eigenvalue weighted by Gasteiger charge is 2.44. The molecule has 1 fully saturated rings. The number of carbonyl (C=O) groups is 2. The number of rotatable bonds is 8. The van der Waals surface area contributed by atoms with Gasteiger partial charge in [0.1, 0.15) is 5.82 Å². The van der Waals surface area contributed by atoms with Crippen molar-refractivity contribution in [1.29, 1.82) is 0 Å². The van der Waals surface area contributed by atoms with Crippen molar-refractivity contribution in [3.63, 3.8) is 0 Å². The summed E-state index contributed by atoms with van der Waals surface area (Å²) in [5.74, 6) is -1.08. The molecule has 0 bridgehead atoms. The number of nitrogens with zero attached hydrogens (tertiary/aromatic N) is 2. The van der Waals surface area contributed by atoms with Crippen LogP contribution in [0.2, 0.25) is 0 Å². The normalized spacial score (nSPS) is 20.3. The van der Waals surface area contributed by atoms with Gasteiger partial charge in [0.15, 0.2) is 11.5 Å². The fourth-order valence-electron chi connectivity index (χ4n) is 4.88. The van der Waals surface area contributed by atoms with E-state index in [4.69, 9.17) is 14.2 Å². The number of ether oxygens (including phenoxy) is 3. The first-order chi connectivity index (χ1) is 17.0. The molecule has 35 heavy (non-hydrogen) atoms. The number of hydrogen-bond donors (Lipinski definition) is 1. The standard InChI is InChI=1S/C26H32FN3O5/c1-29-24(17-7-4-5-8-20(17)27)23(25(31)28-9-6-10-30-11-13-35-14-12-30)18-15-21(33-2)22(34-3)16-19(18)26(29)32/h4-5,7-8,15-16,23-24H,6,9-14H2,1-3H3,(H,28,31)/t23-,24+/m1/s1. The molecule has 9 heteroatoms. The lowest BCUT2D eigenvalue weighted by atomic mass is 9.79. The molecule has 1 N–H and O–H groups in total. The number of benzene rings is 2. The molecule has 0 radical (unpaired) electrons. The molecule has 0 unspecified atom stereocenters. The Morgan fingerprint density at radius 1 is 1.11 bits per heavy atom. The van der Waals surface area contributed by atoms with Gasteiger partial charge in [-0.05, 0) is 36.7 Å². The van der Waals surface area contributed by atoms with Crippen LogP contribution in [0.4, 0.5) is 4.39 Å². The van der Waals surface area contributed by atoms with Crippen LogP contribution in [0.1, 0.15) is 39.9 Å². The smallest absolute Gasteiger partial charge is 0.254 e. The van der Waals surface area contributed by atoms with Gasteiger partial charge in [0, 0.05) is 37.8 Å². The summed E-state index contributed by atoms with van der Waals surface area (Å²) in [6.07, 6.45) is 0.774. The summed E-state index contributed by atoms with van der Waals surface area (Å²) in [6.45, 7) is 4.53. The van der Waals surface area contributed by atoms with E-state index in [1.54, 1.807) is 37.4 Å². The summed E-state index contributed by atoms with van der Waals surface area (Å²) >= 11 is 0. The van der Waals surface area contributed by atoms with Gasteiger partial charge in [-0.1, -0.05) is 18.2 Å². The van der Waals surface area contributed by atoms with E-state index in [0.29, 0.717) is 29.2 Å². The molecule has 2 aromatic rings. The quantitative estimate of drug-likeness (QED) is 0.579. The van der Waals surface area contributed by atoms with Gasteiger partial charge in [0.05, 0.1) is 39.4 Å². The molecule has 4 rings (SSSR count). The summed E-state index contributed by atoms with van der Waals surface area (Å²) < 4.78 is 31.1. The number of fused-ring (bicyclic) bond motifs is 1. The molecular formula is C26H32FN3O5. The first-order valence-electron chi connectivity index (χ1n) is 11.8. The number of morpholine rings is 1. The second-order valence-corrected chi connectivity index (χ2v) is 8.75. The predicted octanol–water partition coefficient (Wildman–Crippen LogP) is 2.59. The van der Waals surface area contributed by atoms with Crippen LogP contribution in [0, 0.1) is 5.82 Å². The Hall–Kier alpha value is -3.17. The Morgan fingerprint density at radius 2 is 1.80 bits per heavy atom. The van der Waals surface area contributed by atoms with Crippen LogP contribution >= 0.6 is 0 Å². The van der Waals surface area contributed by atoms with Gasteiger partial charge in [-0.15, -0.1) is 0 Å². The Kier molecular flexibility index (Phi) is 7.87. The summed E-state index contributed by atoms with van der Waals surface area (Å²) in [5, 5.41) is 3.02. The minimum atomic E-state index is -0.826. The van der Waals surface area contributed by atoms with Crippen molar-refractivity contribution in [3.8, 4) is 11.5 Å². The van der Waals surface area contributed by atoms with E-state index in [-0.39, 0.29) is 17.4 Å². The number of likely N-dealkylation sites (N-methyl/N-ethyl adjacent to an activating group) is 1. The maximum atomic E-state index is 14.9. The SMILES string of the molecule is COc1cc2c(cc1OC)[C@@H](C(=O)NCCCN1CCOCC1)[C@H](c1ccccc1F)N(C)C2=O. The first kappa shape index (κ1) is 24.9. The van der Waals surface area contributed by atoms with Crippen LogP contribution in [0.5, 0.6) is 11.5 Å². The highest BCUT2D eigenvalue weighted by atomic mass is 19.1. The maximum Gasteiger partial charge on any atom is 0.254 e. The van der Waals surface area contributed by atoms with Crippen molar-refractivity contribution >= 4 is 11.8 Å².